The first kappa shape index (κ1) is 19.8. The number of nitrogens with zero attached hydrogens (tertiary/aromatic N) is 4. The highest BCUT2D eigenvalue weighted by Crippen LogP contribution is 2.25. The molecule has 2 aromatic heterocycles. The lowest BCUT2D eigenvalue weighted by Gasteiger charge is -2.20. The summed E-state index contributed by atoms with van der Waals surface area (Å²) < 4.78 is 0. The third-order valence-corrected chi connectivity index (χ3v) is 4.72. The van der Waals surface area contributed by atoms with E-state index in [1.54, 1.807) is 0 Å². The van der Waals surface area contributed by atoms with E-state index in [1.165, 1.54) is 11.1 Å². The molecule has 0 bridgehead atoms. The molecule has 5 heteroatoms. The fraction of sp³-hybridized carbons (Fsp3) is 0.348. The summed E-state index contributed by atoms with van der Waals surface area (Å²) in [7, 11) is 2.06. The average Bonchev–Trinajstić information content (AvgIpc) is 2.66. The van der Waals surface area contributed by atoms with Gasteiger partial charge >= 0.3 is 0 Å². The van der Waals surface area contributed by atoms with Crippen LogP contribution in [0.4, 0.5) is 17.5 Å². The van der Waals surface area contributed by atoms with E-state index in [9.17, 15) is 0 Å². The van der Waals surface area contributed by atoms with Crippen molar-refractivity contribution in [2.45, 2.75) is 39.5 Å². The summed E-state index contributed by atoms with van der Waals surface area (Å²) in [5, 5.41) is 3.34. The van der Waals surface area contributed by atoms with Gasteiger partial charge in [0.1, 0.15) is 5.82 Å². The van der Waals surface area contributed by atoms with Crippen LogP contribution in [0.25, 0.3) is 0 Å². The van der Waals surface area contributed by atoms with Crippen LogP contribution in [-0.4, -0.2) is 28.5 Å². The summed E-state index contributed by atoms with van der Waals surface area (Å²) in [5.74, 6) is 1.53. The quantitative estimate of drug-likeness (QED) is 0.664. The Balaban J connectivity index is 1.70. The molecule has 0 aliphatic rings. The lowest BCUT2D eigenvalue weighted by molar-refractivity contribution is 0.590. The zero-order chi connectivity index (χ0) is 20.1. The van der Waals surface area contributed by atoms with Gasteiger partial charge in [0.2, 0.25) is 5.95 Å². The molecule has 0 atom stereocenters. The maximum Gasteiger partial charge on any atom is 0.229 e. The monoisotopic (exact) mass is 375 g/mol. The smallest absolute Gasteiger partial charge is 0.229 e. The van der Waals surface area contributed by atoms with Crippen LogP contribution >= 0.6 is 0 Å². The molecule has 5 nitrogen and oxygen atoms in total. The lowest BCUT2D eigenvalue weighted by Crippen LogP contribution is -2.22. The first-order valence-electron chi connectivity index (χ1n) is 9.64. The van der Waals surface area contributed by atoms with Crippen molar-refractivity contribution in [3.63, 3.8) is 0 Å². The maximum atomic E-state index is 4.70. The van der Waals surface area contributed by atoms with E-state index in [0.717, 1.165) is 30.2 Å². The molecule has 146 valence electrons. The average molecular weight is 376 g/mol. The molecule has 0 unspecified atom stereocenters. The first-order valence-corrected chi connectivity index (χ1v) is 9.64. The highest BCUT2D eigenvalue weighted by atomic mass is 15.2. The Labute approximate surface area is 167 Å². The first-order chi connectivity index (χ1) is 13.3. The number of benzene rings is 1. The molecule has 0 aliphatic heterocycles. The molecule has 2 heterocycles. The second-order valence-electron chi connectivity index (χ2n) is 8.17. The molecule has 0 spiro atoms. The van der Waals surface area contributed by atoms with Gasteiger partial charge in [-0.15, -0.1) is 0 Å². The van der Waals surface area contributed by atoms with Crippen LogP contribution in [0.15, 0.2) is 54.9 Å². The number of likely N-dealkylation sites (N-methyl/N-ethyl adjacent to an activating group) is 1. The Morgan fingerprint density at radius 1 is 0.964 bits per heavy atom. The SMILES string of the molecule is Cc1cc(N(C)CCc2ccncc2)nc(Nc2ccc(C(C)(C)C)cc2)n1. The molecule has 0 aliphatic carbocycles. The van der Waals surface area contributed by atoms with E-state index >= 15 is 0 Å². The number of nitrogens with one attached hydrogen (secondary N) is 1. The van der Waals surface area contributed by atoms with Gasteiger partial charge in [-0.05, 0) is 54.2 Å². The lowest BCUT2D eigenvalue weighted by atomic mass is 9.87. The molecule has 3 rings (SSSR count). The second kappa shape index (κ2) is 8.38. The summed E-state index contributed by atoms with van der Waals surface area (Å²) in [6.45, 7) is 9.52. The van der Waals surface area contributed by atoms with Crippen LogP contribution in [0, 0.1) is 6.92 Å². The molecule has 28 heavy (non-hydrogen) atoms. The normalized spacial score (nSPS) is 11.3. The van der Waals surface area contributed by atoms with Crippen molar-refractivity contribution in [1.29, 1.82) is 0 Å². The summed E-state index contributed by atoms with van der Waals surface area (Å²) in [5.41, 5.74) is 4.64. The zero-order valence-electron chi connectivity index (χ0n) is 17.4. The fourth-order valence-electron chi connectivity index (χ4n) is 2.95. The summed E-state index contributed by atoms with van der Waals surface area (Å²) in [6.07, 6.45) is 4.60. The van der Waals surface area contributed by atoms with Gasteiger partial charge in [-0.25, -0.2) is 4.98 Å². The molecule has 0 saturated carbocycles. The predicted molar refractivity (Wildman–Crippen MR) is 116 cm³/mol. The topological polar surface area (TPSA) is 53.9 Å². The predicted octanol–water partition coefficient (Wildman–Crippen LogP) is 4.90. The Bertz CT molecular complexity index is 899. The van der Waals surface area contributed by atoms with Crippen LogP contribution in [0.2, 0.25) is 0 Å². The Kier molecular flexibility index (Phi) is 5.93. The van der Waals surface area contributed by atoms with Crippen molar-refractivity contribution >= 4 is 17.5 Å². The van der Waals surface area contributed by atoms with Gasteiger partial charge in [0, 0.05) is 43.4 Å². The van der Waals surface area contributed by atoms with Crippen LogP contribution in [-0.2, 0) is 11.8 Å². The molecule has 1 N–H and O–H groups in total. The Hall–Kier alpha value is -2.95. The highest BCUT2D eigenvalue weighted by molar-refractivity contribution is 5.56. The molecule has 1 aromatic carbocycles. The van der Waals surface area contributed by atoms with Crippen molar-refractivity contribution in [3.05, 3.63) is 71.7 Å². The van der Waals surface area contributed by atoms with E-state index < -0.39 is 0 Å². The second-order valence-corrected chi connectivity index (χ2v) is 8.17. The van der Waals surface area contributed by atoms with Gasteiger partial charge < -0.3 is 10.2 Å². The van der Waals surface area contributed by atoms with Gasteiger partial charge in [-0.1, -0.05) is 32.9 Å². The van der Waals surface area contributed by atoms with Crippen LogP contribution < -0.4 is 10.2 Å². The molecule has 0 saturated heterocycles. The molecule has 0 fully saturated rings. The van der Waals surface area contributed by atoms with Crippen LogP contribution in [0.5, 0.6) is 0 Å². The summed E-state index contributed by atoms with van der Waals surface area (Å²) >= 11 is 0. The number of hydrogen-bond acceptors (Lipinski definition) is 5. The summed E-state index contributed by atoms with van der Waals surface area (Å²) in [6, 6.07) is 14.6. The van der Waals surface area contributed by atoms with E-state index in [-0.39, 0.29) is 5.41 Å². The van der Waals surface area contributed by atoms with Gasteiger partial charge in [0.05, 0.1) is 0 Å². The molecular weight excluding hydrogens is 346 g/mol. The van der Waals surface area contributed by atoms with Crippen LogP contribution in [0.1, 0.15) is 37.6 Å². The highest BCUT2D eigenvalue weighted by Gasteiger charge is 2.13. The van der Waals surface area contributed by atoms with E-state index in [4.69, 9.17) is 4.98 Å². The molecule has 0 amide bonds. The Morgan fingerprint density at radius 3 is 2.29 bits per heavy atom. The third-order valence-electron chi connectivity index (χ3n) is 4.72. The summed E-state index contributed by atoms with van der Waals surface area (Å²) in [4.78, 5) is 15.5. The van der Waals surface area contributed by atoms with E-state index in [0.29, 0.717) is 5.95 Å². The number of rotatable bonds is 6. The van der Waals surface area contributed by atoms with Gasteiger partial charge in [-0.2, -0.15) is 4.98 Å². The van der Waals surface area contributed by atoms with Crippen molar-refractivity contribution in [2.75, 3.05) is 23.8 Å². The van der Waals surface area contributed by atoms with Gasteiger partial charge in [0.25, 0.3) is 0 Å². The zero-order valence-corrected chi connectivity index (χ0v) is 17.4. The van der Waals surface area contributed by atoms with E-state index in [2.05, 4.69) is 72.3 Å². The van der Waals surface area contributed by atoms with Crippen LogP contribution in [0.3, 0.4) is 0 Å². The van der Waals surface area contributed by atoms with Crippen molar-refractivity contribution in [1.82, 2.24) is 15.0 Å². The van der Waals surface area contributed by atoms with Crippen molar-refractivity contribution < 1.29 is 0 Å². The minimum atomic E-state index is 0.142. The number of hydrogen-bond donors (Lipinski definition) is 1. The Morgan fingerprint density at radius 2 is 1.64 bits per heavy atom. The minimum absolute atomic E-state index is 0.142. The molecule has 3 aromatic rings. The third kappa shape index (κ3) is 5.28. The molecular formula is C23H29N5. The van der Waals surface area contributed by atoms with E-state index in [1.807, 2.05) is 37.5 Å². The minimum Gasteiger partial charge on any atom is -0.359 e. The fourth-order valence-corrected chi connectivity index (χ4v) is 2.95. The standard InChI is InChI=1S/C23H29N5/c1-17-16-21(28(5)15-12-18-10-13-24-14-11-18)27-22(25-17)26-20-8-6-19(7-9-20)23(2,3)4/h6-11,13-14,16H,12,15H2,1-5H3,(H,25,26,27). The number of pyridine rings is 1. The maximum absolute atomic E-state index is 4.70. The van der Waals surface area contributed by atoms with Crippen molar-refractivity contribution in [2.24, 2.45) is 0 Å². The number of aromatic nitrogens is 3. The van der Waals surface area contributed by atoms with Crippen molar-refractivity contribution in [3.8, 4) is 0 Å². The molecule has 0 radical (unpaired) electrons. The number of anilines is 3. The van der Waals surface area contributed by atoms with Gasteiger partial charge in [-0.3, -0.25) is 4.98 Å². The number of aryl methyl sites for hydroxylation is 1. The van der Waals surface area contributed by atoms with Gasteiger partial charge in [0.15, 0.2) is 0 Å². The largest absolute Gasteiger partial charge is 0.359 e.